The second-order valence-electron chi connectivity index (χ2n) is 5.92. The zero-order valence-electron chi connectivity index (χ0n) is 13.1. The van der Waals surface area contributed by atoms with E-state index >= 15 is 0 Å². The number of aryl methyl sites for hydroxylation is 1. The summed E-state index contributed by atoms with van der Waals surface area (Å²) in [7, 11) is 0. The van der Waals surface area contributed by atoms with E-state index in [0.29, 0.717) is 23.6 Å². The molecule has 5 nitrogen and oxygen atoms in total. The lowest BCUT2D eigenvalue weighted by Crippen LogP contribution is -2.35. The third-order valence-corrected chi connectivity index (χ3v) is 3.84. The van der Waals surface area contributed by atoms with E-state index in [0.717, 1.165) is 12.2 Å². The molecule has 1 N–H and O–H groups in total. The zero-order chi connectivity index (χ0) is 15.7. The van der Waals surface area contributed by atoms with Gasteiger partial charge in [0.1, 0.15) is 17.4 Å². The highest BCUT2D eigenvalue weighted by Gasteiger charge is 2.26. The molecule has 22 heavy (non-hydrogen) atoms. The first-order valence-electron chi connectivity index (χ1n) is 7.55. The van der Waals surface area contributed by atoms with E-state index in [-0.39, 0.29) is 17.9 Å². The number of nitrogens with zero attached hydrogens (tertiary/aromatic N) is 1. The van der Waals surface area contributed by atoms with Crippen molar-refractivity contribution in [3.8, 4) is 5.75 Å². The number of para-hydroxylation sites is 1. The van der Waals surface area contributed by atoms with Crippen molar-refractivity contribution in [1.82, 2.24) is 10.5 Å². The lowest BCUT2D eigenvalue weighted by molar-refractivity contribution is 0.0930. The molecule has 0 saturated heterocycles. The molecule has 1 unspecified atom stereocenters. The van der Waals surface area contributed by atoms with E-state index in [4.69, 9.17) is 9.26 Å². The normalized spacial score (nSPS) is 16.5. The number of carbonyl (C=O) groups is 1. The van der Waals surface area contributed by atoms with Crippen molar-refractivity contribution in [2.24, 2.45) is 0 Å². The number of carbonyl (C=O) groups excluding carboxylic acids is 1. The third-order valence-electron chi connectivity index (χ3n) is 3.84. The summed E-state index contributed by atoms with van der Waals surface area (Å²) in [5.41, 5.74) is 2.35. The second kappa shape index (κ2) is 5.83. The topological polar surface area (TPSA) is 64.4 Å². The van der Waals surface area contributed by atoms with Crippen molar-refractivity contribution in [2.75, 3.05) is 6.54 Å². The lowest BCUT2D eigenvalue weighted by atomic mass is 10.0. The van der Waals surface area contributed by atoms with Gasteiger partial charge in [0, 0.05) is 12.3 Å². The quantitative estimate of drug-likeness (QED) is 0.943. The Morgan fingerprint density at radius 3 is 2.91 bits per heavy atom. The molecule has 3 rings (SSSR count). The number of amides is 1. The average molecular weight is 300 g/mol. The van der Waals surface area contributed by atoms with Crippen molar-refractivity contribution < 1.29 is 14.1 Å². The van der Waals surface area contributed by atoms with Gasteiger partial charge in [-0.2, -0.15) is 0 Å². The van der Waals surface area contributed by atoms with Crippen LogP contribution in [0.25, 0.3) is 0 Å². The van der Waals surface area contributed by atoms with Gasteiger partial charge in [-0.3, -0.25) is 4.79 Å². The SMILES string of the molecule is Cc1noc(C(C)C)c1C(=O)NCC1Cc2ccccc2O1. The number of rotatable bonds is 4. The molecule has 0 saturated carbocycles. The van der Waals surface area contributed by atoms with Crippen LogP contribution in [0.3, 0.4) is 0 Å². The number of ether oxygens (including phenoxy) is 1. The predicted molar refractivity (Wildman–Crippen MR) is 82.2 cm³/mol. The fraction of sp³-hybridized carbons (Fsp3) is 0.412. The Balaban J connectivity index is 1.64. The molecule has 5 heteroatoms. The van der Waals surface area contributed by atoms with Gasteiger partial charge in [-0.25, -0.2) is 0 Å². The van der Waals surface area contributed by atoms with Gasteiger partial charge in [0.15, 0.2) is 5.76 Å². The second-order valence-corrected chi connectivity index (χ2v) is 5.92. The Hall–Kier alpha value is -2.30. The van der Waals surface area contributed by atoms with Crippen LogP contribution in [-0.4, -0.2) is 23.7 Å². The summed E-state index contributed by atoms with van der Waals surface area (Å²) in [6, 6.07) is 7.96. The summed E-state index contributed by atoms with van der Waals surface area (Å²) in [5, 5.41) is 6.84. The van der Waals surface area contributed by atoms with E-state index in [1.54, 1.807) is 6.92 Å². The smallest absolute Gasteiger partial charge is 0.256 e. The number of hydrogen-bond acceptors (Lipinski definition) is 4. The fourth-order valence-corrected chi connectivity index (χ4v) is 2.72. The Bertz CT molecular complexity index is 666. The highest BCUT2D eigenvalue weighted by atomic mass is 16.5. The van der Waals surface area contributed by atoms with Gasteiger partial charge >= 0.3 is 0 Å². The molecule has 0 bridgehead atoms. The Kier molecular flexibility index (Phi) is 3.88. The van der Waals surface area contributed by atoms with E-state index in [2.05, 4.69) is 16.5 Å². The van der Waals surface area contributed by atoms with Crippen LogP contribution in [0.4, 0.5) is 0 Å². The number of benzene rings is 1. The monoisotopic (exact) mass is 300 g/mol. The van der Waals surface area contributed by atoms with E-state index in [1.807, 2.05) is 32.0 Å². The van der Waals surface area contributed by atoms with Crippen molar-refractivity contribution in [1.29, 1.82) is 0 Å². The molecule has 0 aliphatic carbocycles. The molecule has 1 amide bonds. The van der Waals surface area contributed by atoms with Crippen molar-refractivity contribution in [3.05, 3.63) is 46.8 Å². The number of hydrogen-bond donors (Lipinski definition) is 1. The molecular formula is C17H20N2O3. The molecule has 1 aromatic carbocycles. The minimum atomic E-state index is -0.151. The third kappa shape index (κ3) is 2.71. The van der Waals surface area contributed by atoms with Gasteiger partial charge in [-0.1, -0.05) is 37.2 Å². The minimum absolute atomic E-state index is 0.0241. The van der Waals surface area contributed by atoms with E-state index < -0.39 is 0 Å². The van der Waals surface area contributed by atoms with Crippen molar-refractivity contribution in [2.45, 2.75) is 39.2 Å². The molecular weight excluding hydrogens is 280 g/mol. The van der Waals surface area contributed by atoms with Crippen molar-refractivity contribution in [3.63, 3.8) is 0 Å². The summed E-state index contributed by atoms with van der Waals surface area (Å²) in [5.74, 6) is 1.51. The van der Waals surface area contributed by atoms with Gasteiger partial charge in [0.05, 0.1) is 12.2 Å². The van der Waals surface area contributed by atoms with E-state index in [9.17, 15) is 4.79 Å². The number of fused-ring (bicyclic) bond motifs is 1. The average Bonchev–Trinajstić information content (AvgIpc) is 3.07. The maximum atomic E-state index is 12.4. The van der Waals surface area contributed by atoms with Crippen LogP contribution in [0.1, 0.15) is 47.1 Å². The highest BCUT2D eigenvalue weighted by Crippen LogP contribution is 2.28. The summed E-state index contributed by atoms with van der Waals surface area (Å²) < 4.78 is 11.1. The van der Waals surface area contributed by atoms with Gasteiger partial charge in [-0.15, -0.1) is 0 Å². The first-order chi connectivity index (χ1) is 10.6. The van der Waals surface area contributed by atoms with Crippen LogP contribution in [0.5, 0.6) is 5.75 Å². The first kappa shape index (κ1) is 14.6. The largest absolute Gasteiger partial charge is 0.488 e. The van der Waals surface area contributed by atoms with Gasteiger partial charge in [0.2, 0.25) is 0 Å². The summed E-state index contributed by atoms with van der Waals surface area (Å²) in [6.45, 7) is 6.21. The Labute approximate surface area is 129 Å². The molecule has 116 valence electrons. The van der Waals surface area contributed by atoms with Crippen LogP contribution in [-0.2, 0) is 6.42 Å². The molecule has 0 fully saturated rings. The Morgan fingerprint density at radius 1 is 1.41 bits per heavy atom. The number of nitrogens with one attached hydrogen (secondary N) is 1. The summed E-state index contributed by atoms with van der Waals surface area (Å²) in [4.78, 5) is 12.4. The molecule has 1 aromatic heterocycles. The van der Waals surface area contributed by atoms with Crippen LogP contribution in [0.15, 0.2) is 28.8 Å². The fourth-order valence-electron chi connectivity index (χ4n) is 2.72. The zero-order valence-corrected chi connectivity index (χ0v) is 13.1. The van der Waals surface area contributed by atoms with Crippen LogP contribution in [0.2, 0.25) is 0 Å². The minimum Gasteiger partial charge on any atom is -0.488 e. The molecule has 1 atom stereocenters. The van der Waals surface area contributed by atoms with Gasteiger partial charge in [0.25, 0.3) is 5.91 Å². The van der Waals surface area contributed by atoms with E-state index in [1.165, 1.54) is 5.56 Å². The molecule has 0 radical (unpaired) electrons. The number of aromatic nitrogens is 1. The molecule has 2 aromatic rings. The Morgan fingerprint density at radius 2 is 2.18 bits per heavy atom. The van der Waals surface area contributed by atoms with Gasteiger partial charge in [-0.05, 0) is 18.6 Å². The molecule has 0 spiro atoms. The molecule has 2 heterocycles. The lowest BCUT2D eigenvalue weighted by Gasteiger charge is -2.12. The first-order valence-corrected chi connectivity index (χ1v) is 7.55. The van der Waals surface area contributed by atoms with Crippen molar-refractivity contribution >= 4 is 5.91 Å². The molecule has 1 aliphatic heterocycles. The standard InChI is InChI=1S/C17H20N2O3/c1-10(2)16-15(11(3)19-22-16)17(20)18-9-13-8-12-6-4-5-7-14(12)21-13/h4-7,10,13H,8-9H2,1-3H3,(H,18,20). The predicted octanol–water partition coefficient (Wildman–Crippen LogP) is 2.84. The maximum Gasteiger partial charge on any atom is 0.256 e. The van der Waals surface area contributed by atoms with Crippen LogP contribution >= 0.6 is 0 Å². The summed E-state index contributed by atoms with van der Waals surface area (Å²) in [6.07, 6.45) is 0.792. The highest BCUT2D eigenvalue weighted by molar-refractivity contribution is 5.96. The molecule has 1 aliphatic rings. The maximum absolute atomic E-state index is 12.4. The van der Waals surface area contributed by atoms with Crippen LogP contribution in [0, 0.1) is 6.92 Å². The van der Waals surface area contributed by atoms with Gasteiger partial charge < -0.3 is 14.6 Å². The summed E-state index contributed by atoms with van der Waals surface area (Å²) >= 11 is 0. The van der Waals surface area contributed by atoms with Crippen LogP contribution < -0.4 is 10.1 Å².